The molecule has 1 aromatic carbocycles. The second-order valence-corrected chi connectivity index (χ2v) is 7.40. The molecule has 1 fully saturated rings. The minimum Gasteiger partial charge on any atom is -0.493 e. The lowest BCUT2D eigenvalue weighted by Gasteiger charge is -2.16. The lowest BCUT2D eigenvalue weighted by atomic mass is 10.1. The number of fused-ring (bicyclic) bond motifs is 1. The zero-order valence-corrected chi connectivity index (χ0v) is 18.7. The van der Waals surface area contributed by atoms with E-state index < -0.39 is 0 Å². The molecular weight excluding hydrogens is 402 g/mol. The molecule has 1 aliphatic carbocycles. The molecular formula is C22H30ClN5O2. The van der Waals surface area contributed by atoms with Crippen LogP contribution in [-0.2, 0) is 13.0 Å². The van der Waals surface area contributed by atoms with Crippen molar-refractivity contribution in [2.75, 3.05) is 13.7 Å². The van der Waals surface area contributed by atoms with Gasteiger partial charge in [-0.1, -0.05) is 6.07 Å². The van der Waals surface area contributed by atoms with Gasteiger partial charge in [-0.3, -0.25) is 4.99 Å². The number of hydrogen-bond donors (Lipinski definition) is 1. The SMILES string of the molecule is CCN=c1ncn(CC)c2nc(Cc3ccc(OC)c(OC4CCCC4)c3)[nH]c12.Cl. The molecule has 0 saturated heterocycles. The van der Waals surface area contributed by atoms with Gasteiger partial charge >= 0.3 is 0 Å². The van der Waals surface area contributed by atoms with Crippen LogP contribution in [0, 0.1) is 0 Å². The summed E-state index contributed by atoms with van der Waals surface area (Å²) in [6, 6.07) is 6.12. The van der Waals surface area contributed by atoms with E-state index in [-0.39, 0.29) is 18.5 Å². The Morgan fingerprint density at radius 1 is 1.20 bits per heavy atom. The Labute approximate surface area is 183 Å². The number of H-pyrrole nitrogens is 1. The number of nitrogens with zero attached hydrogens (tertiary/aromatic N) is 4. The van der Waals surface area contributed by atoms with Crippen LogP contribution in [0.5, 0.6) is 11.5 Å². The van der Waals surface area contributed by atoms with Gasteiger partial charge in [-0.15, -0.1) is 12.4 Å². The molecule has 1 N–H and O–H groups in total. The van der Waals surface area contributed by atoms with E-state index in [1.165, 1.54) is 12.8 Å². The minimum atomic E-state index is 0. The zero-order chi connectivity index (χ0) is 20.2. The van der Waals surface area contributed by atoms with Crippen molar-refractivity contribution in [1.29, 1.82) is 0 Å². The number of aromatic amines is 1. The number of methoxy groups -OCH3 is 1. The average molecular weight is 432 g/mol. The maximum absolute atomic E-state index is 6.24. The number of rotatable bonds is 7. The van der Waals surface area contributed by atoms with E-state index in [0.29, 0.717) is 18.5 Å². The van der Waals surface area contributed by atoms with Gasteiger partial charge < -0.3 is 19.0 Å². The van der Waals surface area contributed by atoms with Crippen molar-refractivity contribution in [1.82, 2.24) is 19.5 Å². The molecule has 0 amide bonds. The molecule has 0 bridgehead atoms. The average Bonchev–Trinajstić information content (AvgIpc) is 3.39. The van der Waals surface area contributed by atoms with Crippen LogP contribution in [0.1, 0.15) is 50.9 Å². The van der Waals surface area contributed by atoms with Crippen LogP contribution in [0.25, 0.3) is 11.2 Å². The van der Waals surface area contributed by atoms with Crippen LogP contribution in [0.3, 0.4) is 0 Å². The van der Waals surface area contributed by atoms with Crippen molar-refractivity contribution in [3.8, 4) is 11.5 Å². The van der Waals surface area contributed by atoms with Gasteiger partial charge in [0.25, 0.3) is 0 Å². The molecule has 0 radical (unpaired) electrons. The van der Waals surface area contributed by atoms with Crippen molar-refractivity contribution in [2.45, 2.75) is 58.6 Å². The summed E-state index contributed by atoms with van der Waals surface area (Å²) in [7, 11) is 1.69. The lowest BCUT2D eigenvalue weighted by Crippen LogP contribution is -2.14. The van der Waals surface area contributed by atoms with Gasteiger partial charge in [0.05, 0.1) is 19.5 Å². The maximum Gasteiger partial charge on any atom is 0.176 e. The summed E-state index contributed by atoms with van der Waals surface area (Å²) in [6.45, 7) is 5.59. The third-order valence-electron chi connectivity index (χ3n) is 5.39. The van der Waals surface area contributed by atoms with Crippen LogP contribution in [0.2, 0.25) is 0 Å². The van der Waals surface area contributed by atoms with Crippen LogP contribution >= 0.6 is 12.4 Å². The third kappa shape index (κ3) is 4.61. The smallest absolute Gasteiger partial charge is 0.176 e. The van der Waals surface area contributed by atoms with E-state index in [1.807, 2.05) is 23.9 Å². The highest BCUT2D eigenvalue weighted by Gasteiger charge is 2.19. The molecule has 0 aliphatic heterocycles. The largest absolute Gasteiger partial charge is 0.493 e. The zero-order valence-electron chi connectivity index (χ0n) is 17.9. The van der Waals surface area contributed by atoms with E-state index in [4.69, 9.17) is 14.5 Å². The normalized spacial score (nSPS) is 14.8. The highest BCUT2D eigenvalue weighted by molar-refractivity contribution is 5.85. The number of halogens is 1. The lowest BCUT2D eigenvalue weighted by molar-refractivity contribution is 0.200. The van der Waals surface area contributed by atoms with E-state index in [1.54, 1.807) is 7.11 Å². The topological polar surface area (TPSA) is 77.3 Å². The van der Waals surface area contributed by atoms with Crippen LogP contribution in [-0.4, -0.2) is 39.3 Å². The van der Waals surface area contributed by atoms with Crippen LogP contribution in [0.15, 0.2) is 29.5 Å². The molecule has 0 atom stereocenters. The van der Waals surface area contributed by atoms with Gasteiger partial charge in [-0.05, 0) is 57.2 Å². The fourth-order valence-electron chi connectivity index (χ4n) is 3.91. The minimum absolute atomic E-state index is 0. The first-order valence-electron chi connectivity index (χ1n) is 10.5. The number of aryl methyl sites for hydroxylation is 1. The molecule has 2 heterocycles. The van der Waals surface area contributed by atoms with Gasteiger partial charge in [-0.2, -0.15) is 0 Å². The standard InChI is InChI=1S/C22H29N5O2.ClH/c1-4-23-21-20-22(27(5-2)14-24-21)26-19(25-20)13-15-10-11-17(28-3)18(12-15)29-16-8-6-7-9-16;/h10-12,14,16H,4-9,13H2,1-3H3,(H,25,26);1H. The Morgan fingerprint density at radius 2 is 2.00 bits per heavy atom. The number of ether oxygens (including phenoxy) is 2. The van der Waals surface area contributed by atoms with Crippen LogP contribution < -0.4 is 15.0 Å². The first-order chi connectivity index (χ1) is 14.2. The number of imidazole rings is 1. The predicted molar refractivity (Wildman–Crippen MR) is 120 cm³/mol. The van der Waals surface area contributed by atoms with Crippen molar-refractivity contribution < 1.29 is 9.47 Å². The first kappa shape index (κ1) is 22.2. The Bertz CT molecular complexity index is 1050. The Hall–Kier alpha value is -2.54. The fourth-order valence-corrected chi connectivity index (χ4v) is 3.91. The van der Waals surface area contributed by atoms with Crippen molar-refractivity contribution in [3.05, 3.63) is 41.4 Å². The van der Waals surface area contributed by atoms with E-state index in [2.05, 4.69) is 34.0 Å². The summed E-state index contributed by atoms with van der Waals surface area (Å²) in [5, 5.41) is 0. The number of hydrogen-bond acceptors (Lipinski definition) is 5. The fraction of sp³-hybridized carbons (Fsp3) is 0.500. The number of nitrogens with one attached hydrogen (secondary N) is 1. The molecule has 7 nitrogen and oxygen atoms in total. The van der Waals surface area contributed by atoms with E-state index in [9.17, 15) is 0 Å². The molecule has 1 aliphatic rings. The van der Waals surface area contributed by atoms with Gasteiger partial charge in [0.1, 0.15) is 11.3 Å². The molecule has 0 unspecified atom stereocenters. The predicted octanol–water partition coefficient (Wildman–Crippen LogP) is 4.04. The van der Waals surface area contributed by atoms with Crippen molar-refractivity contribution in [3.63, 3.8) is 0 Å². The van der Waals surface area contributed by atoms with Gasteiger partial charge in [0.15, 0.2) is 22.6 Å². The Morgan fingerprint density at radius 3 is 2.70 bits per heavy atom. The van der Waals surface area contributed by atoms with E-state index >= 15 is 0 Å². The molecule has 0 spiro atoms. The summed E-state index contributed by atoms with van der Waals surface area (Å²) in [5.41, 5.74) is 3.62. The molecule has 162 valence electrons. The summed E-state index contributed by atoms with van der Waals surface area (Å²) in [4.78, 5) is 17.2. The highest BCUT2D eigenvalue weighted by atomic mass is 35.5. The monoisotopic (exact) mass is 431 g/mol. The quantitative estimate of drug-likeness (QED) is 0.612. The van der Waals surface area contributed by atoms with Gasteiger partial charge in [0, 0.05) is 19.5 Å². The molecule has 2 aromatic heterocycles. The molecule has 30 heavy (non-hydrogen) atoms. The number of benzene rings is 1. The van der Waals surface area contributed by atoms with Crippen LogP contribution in [0.4, 0.5) is 0 Å². The molecule has 1 saturated carbocycles. The summed E-state index contributed by atoms with van der Waals surface area (Å²) in [6.07, 6.45) is 7.48. The molecule has 4 rings (SSSR count). The first-order valence-corrected chi connectivity index (χ1v) is 10.5. The Balaban J connectivity index is 0.00000256. The second-order valence-electron chi connectivity index (χ2n) is 7.40. The summed E-state index contributed by atoms with van der Waals surface area (Å²) < 4.78 is 13.8. The summed E-state index contributed by atoms with van der Waals surface area (Å²) in [5.74, 6) is 2.49. The summed E-state index contributed by atoms with van der Waals surface area (Å²) >= 11 is 0. The van der Waals surface area contributed by atoms with Crippen molar-refractivity contribution >= 4 is 23.6 Å². The third-order valence-corrected chi connectivity index (χ3v) is 5.39. The van der Waals surface area contributed by atoms with E-state index in [0.717, 1.165) is 53.4 Å². The number of aromatic nitrogens is 4. The molecule has 3 aromatic rings. The Kier molecular flexibility index (Phi) is 7.37. The highest BCUT2D eigenvalue weighted by Crippen LogP contribution is 2.33. The second kappa shape index (κ2) is 9.98. The van der Waals surface area contributed by atoms with Gasteiger partial charge in [0.2, 0.25) is 0 Å². The maximum atomic E-state index is 6.24. The molecule has 8 heteroatoms. The van der Waals surface area contributed by atoms with Crippen molar-refractivity contribution in [2.24, 2.45) is 4.99 Å². The van der Waals surface area contributed by atoms with Gasteiger partial charge in [-0.25, -0.2) is 9.97 Å².